The highest BCUT2D eigenvalue weighted by Crippen LogP contribution is 2.38. The lowest BCUT2D eigenvalue weighted by Crippen LogP contribution is -1.82. The van der Waals surface area contributed by atoms with Gasteiger partial charge in [0, 0.05) is 0 Å². The maximum absolute atomic E-state index is 8.95. The average Bonchev–Trinajstić information content (AvgIpc) is 2.69. The van der Waals surface area contributed by atoms with Gasteiger partial charge in [-0.05, 0) is 31.1 Å². The minimum Gasteiger partial charge on any atom is -0.398 e. The molecule has 3 heteroatoms. The minimum absolute atomic E-state index is 0.0625. The molecule has 66 valence electrons. The fourth-order valence-electron chi connectivity index (χ4n) is 1.74. The van der Waals surface area contributed by atoms with Gasteiger partial charge in [-0.2, -0.15) is 0 Å². The van der Waals surface area contributed by atoms with Crippen molar-refractivity contribution in [2.75, 3.05) is 0 Å². The summed E-state index contributed by atoms with van der Waals surface area (Å²) in [7, 11) is 0. The first kappa shape index (κ1) is 8.97. The van der Waals surface area contributed by atoms with Gasteiger partial charge in [-0.1, -0.05) is 12.2 Å². The Kier molecular flexibility index (Phi) is 3.51. The van der Waals surface area contributed by atoms with Crippen LogP contribution in [0.15, 0.2) is 12.2 Å². The number of rotatable bonds is 2. The Labute approximate surface area is 71.4 Å². The topological polar surface area (TPSA) is 43.4 Å². The van der Waals surface area contributed by atoms with Crippen molar-refractivity contribution < 1.29 is 14.3 Å². The normalized spacial score (nSPS) is 29.0. The molecule has 1 saturated carbocycles. The van der Waals surface area contributed by atoms with Crippen LogP contribution < -0.4 is 0 Å². The third kappa shape index (κ3) is 2.49. The molecule has 0 aromatic heterocycles. The average molecular weight is 168 g/mol. The summed E-state index contributed by atoms with van der Waals surface area (Å²) in [6.07, 6.45) is 9.19. The predicted molar refractivity (Wildman–Crippen MR) is 43.2 cm³/mol. The molecular weight excluding hydrogens is 156 g/mol. The van der Waals surface area contributed by atoms with Crippen LogP contribution in [0, 0.1) is 11.8 Å². The molecular formula is C9H12O3. The smallest absolute Gasteiger partial charge is 0.300 e. The van der Waals surface area contributed by atoms with Crippen LogP contribution in [0.2, 0.25) is 0 Å². The van der Waals surface area contributed by atoms with Gasteiger partial charge in [0.25, 0.3) is 0 Å². The van der Waals surface area contributed by atoms with Gasteiger partial charge in [0.1, 0.15) is 0 Å². The van der Waals surface area contributed by atoms with Gasteiger partial charge in [0.15, 0.2) is 0 Å². The van der Waals surface area contributed by atoms with Gasteiger partial charge >= 0.3 is 12.9 Å². The summed E-state index contributed by atoms with van der Waals surface area (Å²) >= 11 is 0. The number of fused-ring (bicyclic) bond motifs is 2. The quantitative estimate of drug-likeness (QED) is 0.354. The Bertz CT molecular complexity index is 168. The molecule has 0 heterocycles. The number of allylic oxidation sites excluding steroid dienone is 2. The number of hydrogen-bond donors (Lipinski definition) is 0. The van der Waals surface area contributed by atoms with E-state index in [1.165, 1.54) is 19.3 Å². The van der Waals surface area contributed by atoms with Crippen LogP contribution in [-0.2, 0) is 14.3 Å². The van der Waals surface area contributed by atoms with E-state index >= 15 is 0 Å². The third-order valence-corrected chi connectivity index (χ3v) is 2.28. The van der Waals surface area contributed by atoms with Crippen molar-refractivity contribution >= 4 is 12.9 Å². The van der Waals surface area contributed by atoms with Crippen molar-refractivity contribution in [3.8, 4) is 0 Å². The molecule has 0 saturated heterocycles. The summed E-state index contributed by atoms with van der Waals surface area (Å²) < 4.78 is 3.47. The third-order valence-electron chi connectivity index (χ3n) is 2.28. The fourth-order valence-corrected chi connectivity index (χ4v) is 1.74. The van der Waals surface area contributed by atoms with E-state index in [9.17, 15) is 0 Å². The number of carbonyl (C=O) groups is 2. The lowest BCUT2D eigenvalue weighted by molar-refractivity contribution is -0.141. The second-order valence-electron chi connectivity index (χ2n) is 3.05. The highest BCUT2D eigenvalue weighted by atomic mass is 16.6. The molecule has 0 spiro atoms. The molecule has 0 aromatic carbocycles. The standard InChI is InChI=1S/C7H10.C2H2O3/c1-2-7-4-3-6(1)5-7;3-1-5-2-4/h1-2,6-7H,3-5H2;1-2H/t6-,7?;/m1./s1. The van der Waals surface area contributed by atoms with Gasteiger partial charge in [-0.15, -0.1) is 0 Å². The second kappa shape index (κ2) is 4.70. The van der Waals surface area contributed by atoms with Crippen LogP contribution in [0.25, 0.3) is 0 Å². The van der Waals surface area contributed by atoms with Crippen LogP contribution in [0.4, 0.5) is 0 Å². The Morgan fingerprint density at radius 2 is 1.58 bits per heavy atom. The van der Waals surface area contributed by atoms with Crippen molar-refractivity contribution in [1.82, 2.24) is 0 Å². The Balaban J connectivity index is 0.000000130. The van der Waals surface area contributed by atoms with Gasteiger partial charge < -0.3 is 4.74 Å². The second-order valence-corrected chi connectivity index (χ2v) is 3.05. The molecule has 0 amide bonds. The zero-order chi connectivity index (χ0) is 8.81. The molecule has 2 rings (SSSR count). The first-order valence-electron chi connectivity index (χ1n) is 4.08. The van der Waals surface area contributed by atoms with Gasteiger partial charge in [-0.3, -0.25) is 9.59 Å². The molecule has 1 fully saturated rings. The summed E-state index contributed by atoms with van der Waals surface area (Å²) in [5.74, 6) is 1.98. The number of carbonyl (C=O) groups excluding carboxylic acids is 2. The summed E-state index contributed by atoms with van der Waals surface area (Å²) in [6.45, 7) is 0.125. The molecule has 2 aliphatic rings. The molecule has 0 radical (unpaired) electrons. The number of hydrogen-bond acceptors (Lipinski definition) is 3. The molecule has 2 atom stereocenters. The van der Waals surface area contributed by atoms with E-state index in [1.54, 1.807) is 0 Å². The molecule has 2 aliphatic carbocycles. The van der Waals surface area contributed by atoms with E-state index in [2.05, 4.69) is 16.9 Å². The van der Waals surface area contributed by atoms with Crippen molar-refractivity contribution in [2.45, 2.75) is 19.3 Å². The maximum atomic E-state index is 8.95. The summed E-state index contributed by atoms with van der Waals surface area (Å²) in [4.78, 5) is 17.9. The van der Waals surface area contributed by atoms with Crippen molar-refractivity contribution in [2.24, 2.45) is 11.8 Å². The van der Waals surface area contributed by atoms with E-state index in [0.717, 1.165) is 11.8 Å². The molecule has 0 N–H and O–H groups in total. The maximum Gasteiger partial charge on any atom is 0.300 e. The van der Waals surface area contributed by atoms with Crippen LogP contribution in [-0.4, -0.2) is 12.9 Å². The highest BCUT2D eigenvalue weighted by molar-refractivity contribution is 5.55. The largest absolute Gasteiger partial charge is 0.398 e. The Morgan fingerprint density at radius 1 is 1.08 bits per heavy atom. The fraction of sp³-hybridized carbons (Fsp3) is 0.556. The molecule has 1 unspecified atom stereocenters. The van der Waals surface area contributed by atoms with E-state index in [-0.39, 0.29) is 12.9 Å². The molecule has 12 heavy (non-hydrogen) atoms. The van der Waals surface area contributed by atoms with Gasteiger partial charge in [0.2, 0.25) is 0 Å². The summed E-state index contributed by atoms with van der Waals surface area (Å²) in [5.41, 5.74) is 0. The molecule has 3 nitrogen and oxygen atoms in total. The Hall–Kier alpha value is -1.12. The molecule has 0 aromatic rings. The van der Waals surface area contributed by atoms with Crippen LogP contribution in [0.1, 0.15) is 19.3 Å². The predicted octanol–water partition coefficient (Wildman–Crippen LogP) is 1.29. The Morgan fingerprint density at radius 3 is 1.67 bits per heavy atom. The monoisotopic (exact) mass is 168 g/mol. The first-order chi connectivity index (χ1) is 5.86. The minimum atomic E-state index is 0.0625. The molecule has 2 bridgehead atoms. The van der Waals surface area contributed by atoms with E-state index in [4.69, 9.17) is 9.59 Å². The van der Waals surface area contributed by atoms with Crippen LogP contribution in [0.3, 0.4) is 0 Å². The van der Waals surface area contributed by atoms with E-state index in [0.29, 0.717) is 0 Å². The lowest BCUT2D eigenvalue weighted by atomic mass is 10.1. The van der Waals surface area contributed by atoms with Crippen molar-refractivity contribution in [3.05, 3.63) is 12.2 Å². The lowest BCUT2D eigenvalue weighted by Gasteiger charge is -1.96. The van der Waals surface area contributed by atoms with Crippen LogP contribution >= 0.6 is 0 Å². The summed E-state index contributed by atoms with van der Waals surface area (Å²) in [5, 5.41) is 0. The van der Waals surface area contributed by atoms with Gasteiger partial charge in [-0.25, -0.2) is 0 Å². The van der Waals surface area contributed by atoms with E-state index < -0.39 is 0 Å². The molecule has 0 aliphatic heterocycles. The van der Waals surface area contributed by atoms with E-state index in [1.807, 2.05) is 0 Å². The van der Waals surface area contributed by atoms with Crippen molar-refractivity contribution in [1.29, 1.82) is 0 Å². The SMILES string of the molecule is C1=C[C@@H]2CCC1C2.O=COC=O. The zero-order valence-electron chi connectivity index (χ0n) is 6.81. The summed E-state index contributed by atoms with van der Waals surface area (Å²) in [6, 6.07) is 0. The van der Waals surface area contributed by atoms with Gasteiger partial charge in [0.05, 0.1) is 0 Å². The number of ether oxygens (including phenoxy) is 1. The van der Waals surface area contributed by atoms with Crippen molar-refractivity contribution in [3.63, 3.8) is 0 Å². The zero-order valence-corrected chi connectivity index (χ0v) is 6.81. The first-order valence-corrected chi connectivity index (χ1v) is 4.08. The highest BCUT2D eigenvalue weighted by Gasteiger charge is 2.25. The van der Waals surface area contributed by atoms with Crippen LogP contribution in [0.5, 0.6) is 0 Å².